The first-order chi connectivity index (χ1) is 8.27. The molecular weight excluding hydrogens is 234 g/mol. The second-order valence-electron chi connectivity index (χ2n) is 5.22. The maximum atomic E-state index is 12.1. The molecule has 2 aliphatic rings. The molecule has 1 atom stereocenters. The average Bonchev–Trinajstić information content (AvgIpc) is 2.40. The molecule has 0 radical (unpaired) electrons. The molecule has 1 N–H and O–H groups in total. The number of carbonyl (C=O) groups is 1. The number of carbonyl (C=O) groups excluding carboxylic acids is 1. The van der Waals surface area contributed by atoms with Crippen LogP contribution < -0.4 is 5.32 Å². The minimum absolute atomic E-state index is 0.0459. The summed E-state index contributed by atoms with van der Waals surface area (Å²) in [6.45, 7) is 0.955. The molecule has 98 valence electrons. The number of hydrogen-bond donors (Lipinski definition) is 1. The highest BCUT2D eigenvalue weighted by Gasteiger charge is 2.42. The van der Waals surface area contributed by atoms with E-state index in [1.54, 1.807) is 0 Å². The molecule has 17 heavy (non-hydrogen) atoms. The lowest BCUT2D eigenvalue weighted by atomic mass is 9.79. The molecular formula is C13H23NO2S. The zero-order chi connectivity index (χ0) is 12.1. The van der Waals surface area contributed by atoms with Gasteiger partial charge in [-0.2, -0.15) is 11.8 Å². The van der Waals surface area contributed by atoms with Gasteiger partial charge in [0.05, 0.1) is 7.11 Å². The third kappa shape index (κ3) is 3.16. The molecule has 2 fully saturated rings. The van der Waals surface area contributed by atoms with Gasteiger partial charge >= 0.3 is 5.97 Å². The molecule has 0 amide bonds. The fraction of sp³-hybridized carbons (Fsp3) is 0.923. The van der Waals surface area contributed by atoms with Gasteiger partial charge in [0.2, 0.25) is 0 Å². The maximum absolute atomic E-state index is 12.1. The number of thioether (sulfide) groups is 1. The second-order valence-corrected chi connectivity index (χ2v) is 6.44. The summed E-state index contributed by atoms with van der Waals surface area (Å²) in [5.74, 6) is 3.15. The molecule has 0 saturated carbocycles. The number of piperidine rings is 1. The van der Waals surface area contributed by atoms with E-state index in [0.717, 1.165) is 25.8 Å². The highest BCUT2D eigenvalue weighted by atomic mass is 32.2. The Morgan fingerprint density at radius 2 is 2.18 bits per heavy atom. The lowest BCUT2D eigenvalue weighted by Crippen LogP contribution is -2.56. The van der Waals surface area contributed by atoms with Gasteiger partial charge in [-0.25, -0.2) is 0 Å². The van der Waals surface area contributed by atoms with Crippen LogP contribution in [0.5, 0.6) is 0 Å². The first-order valence-electron chi connectivity index (χ1n) is 6.68. The SMILES string of the molecule is COC(=O)C1(CC2CCSCC2)CCCCN1. The Kier molecular flexibility index (Phi) is 4.74. The minimum Gasteiger partial charge on any atom is -0.468 e. The number of esters is 1. The first-order valence-corrected chi connectivity index (χ1v) is 7.83. The topological polar surface area (TPSA) is 38.3 Å². The van der Waals surface area contributed by atoms with Crippen molar-refractivity contribution in [3.8, 4) is 0 Å². The van der Waals surface area contributed by atoms with Crippen LogP contribution in [0.4, 0.5) is 0 Å². The summed E-state index contributed by atoms with van der Waals surface area (Å²) >= 11 is 2.04. The number of methoxy groups -OCH3 is 1. The molecule has 0 bridgehead atoms. The summed E-state index contributed by atoms with van der Waals surface area (Å²) in [6.07, 6.45) is 6.75. The van der Waals surface area contributed by atoms with Crippen molar-refractivity contribution in [2.75, 3.05) is 25.2 Å². The van der Waals surface area contributed by atoms with Crippen molar-refractivity contribution in [3.63, 3.8) is 0 Å². The summed E-state index contributed by atoms with van der Waals surface area (Å²) in [5, 5.41) is 3.45. The van der Waals surface area contributed by atoms with Crippen molar-refractivity contribution < 1.29 is 9.53 Å². The smallest absolute Gasteiger partial charge is 0.326 e. The Labute approximate surface area is 108 Å². The van der Waals surface area contributed by atoms with Gasteiger partial charge in [-0.15, -0.1) is 0 Å². The Morgan fingerprint density at radius 1 is 1.41 bits per heavy atom. The summed E-state index contributed by atoms with van der Waals surface area (Å²) in [5.41, 5.74) is -0.375. The summed E-state index contributed by atoms with van der Waals surface area (Å²) in [4.78, 5) is 12.1. The Balaban J connectivity index is 2.01. The van der Waals surface area contributed by atoms with E-state index in [-0.39, 0.29) is 11.5 Å². The van der Waals surface area contributed by atoms with Gasteiger partial charge < -0.3 is 10.1 Å². The predicted molar refractivity (Wildman–Crippen MR) is 71.3 cm³/mol. The molecule has 2 heterocycles. The van der Waals surface area contributed by atoms with Crippen LogP contribution in [-0.4, -0.2) is 36.7 Å². The van der Waals surface area contributed by atoms with Gasteiger partial charge in [0.1, 0.15) is 5.54 Å². The van der Waals surface area contributed by atoms with Crippen LogP contribution >= 0.6 is 11.8 Å². The van der Waals surface area contributed by atoms with Crippen molar-refractivity contribution in [3.05, 3.63) is 0 Å². The predicted octanol–water partition coefficient (Wildman–Crippen LogP) is 2.20. The van der Waals surface area contributed by atoms with E-state index in [4.69, 9.17) is 4.74 Å². The Hall–Kier alpha value is -0.220. The van der Waals surface area contributed by atoms with Crippen molar-refractivity contribution in [2.45, 2.75) is 44.1 Å². The van der Waals surface area contributed by atoms with Gasteiger partial charge in [-0.3, -0.25) is 4.79 Å². The van der Waals surface area contributed by atoms with E-state index >= 15 is 0 Å². The third-order valence-electron chi connectivity index (χ3n) is 4.05. The second kappa shape index (κ2) is 6.10. The Bertz CT molecular complexity index is 258. The summed E-state index contributed by atoms with van der Waals surface area (Å²) in [7, 11) is 1.51. The fourth-order valence-corrected chi connectivity index (χ4v) is 4.24. The molecule has 2 aliphatic heterocycles. The molecule has 0 spiro atoms. The Morgan fingerprint density at radius 3 is 2.76 bits per heavy atom. The summed E-state index contributed by atoms with van der Waals surface area (Å²) < 4.78 is 5.03. The van der Waals surface area contributed by atoms with Gasteiger partial charge in [0.15, 0.2) is 0 Å². The fourth-order valence-electron chi connectivity index (χ4n) is 3.04. The zero-order valence-electron chi connectivity index (χ0n) is 10.7. The van der Waals surface area contributed by atoms with Crippen molar-refractivity contribution in [1.29, 1.82) is 0 Å². The number of nitrogens with one attached hydrogen (secondary N) is 1. The van der Waals surface area contributed by atoms with E-state index in [0.29, 0.717) is 5.92 Å². The lowest BCUT2D eigenvalue weighted by Gasteiger charge is -2.39. The number of hydrogen-bond acceptors (Lipinski definition) is 4. The molecule has 0 aromatic heterocycles. The van der Waals surface area contributed by atoms with Crippen molar-refractivity contribution >= 4 is 17.7 Å². The average molecular weight is 257 g/mol. The lowest BCUT2D eigenvalue weighted by molar-refractivity contribution is -0.150. The zero-order valence-corrected chi connectivity index (χ0v) is 11.5. The highest BCUT2D eigenvalue weighted by molar-refractivity contribution is 7.99. The molecule has 0 aliphatic carbocycles. The van der Waals surface area contributed by atoms with Crippen LogP contribution in [0, 0.1) is 5.92 Å². The van der Waals surface area contributed by atoms with Crippen molar-refractivity contribution in [2.24, 2.45) is 5.92 Å². The van der Waals surface area contributed by atoms with E-state index in [2.05, 4.69) is 5.32 Å². The molecule has 2 rings (SSSR count). The van der Waals surface area contributed by atoms with E-state index in [1.165, 1.54) is 37.9 Å². The van der Waals surface area contributed by atoms with E-state index < -0.39 is 0 Å². The maximum Gasteiger partial charge on any atom is 0.326 e. The van der Waals surface area contributed by atoms with Crippen molar-refractivity contribution in [1.82, 2.24) is 5.32 Å². The quantitative estimate of drug-likeness (QED) is 0.787. The van der Waals surface area contributed by atoms with E-state index in [9.17, 15) is 4.79 Å². The van der Waals surface area contributed by atoms with Gasteiger partial charge in [-0.05, 0) is 62.5 Å². The number of ether oxygens (including phenoxy) is 1. The van der Waals surface area contributed by atoms with Gasteiger partial charge in [-0.1, -0.05) is 0 Å². The van der Waals surface area contributed by atoms with Crippen LogP contribution in [0.25, 0.3) is 0 Å². The highest BCUT2D eigenvalue weighted by Crippen LogP contribution is 2.34. The first kappa shape index (κ1) is 13.2. The van der Waals surface area contributed by atoms with Gasteiger partial charge in [0.25, 0.3) is 0 Å². The molecule has 0 aromatic rings. The molecule has 3 nitrogen and oxygen atoms in total. The molecule has 2 saturated heterocycles. The largest absolute Gasteiger partial charge is 0.468 e. The van der Waals surface area contributed by atoms with E-state index in [1.807, 2.05) is 11.8 Å². The van der Waals surface area contributed by atoms with Crippen LogP contribution in [0.2, 0.25) is 0 Å². The third-order valence-corrected chi connectivity index (χ3v) is 5.10. The number of rotatable bonds is 3. The monoisotopic (exact) mass is 257 g/mol. The van der Waals surface area contributed by atoms with Crippen LogP contribution in [-0.2, 0) is 9.53 Å². The normalized spacial score (nSPS) is 31.1. The molecule has 1 unspecified atom stereocenters. The minimum atomic E-state index is -0.375. The standard InChI is InChI=1S/C13H23NO2S/c1-16-12(15)13(6-2-3-7-14-13)10-11-4-8-17-9-5-11/h11,14H,2-10H2,1H3. The van der Waals surface area contributed by atoms with Crippen LogP contribution in [0.15, 0.2) is 0 Å². The van der Waals surface area contributed by atoms with Crippen LogP contribution in [0.3, 0.4) is 0 Å². The van der Waals surface area contributed by atoms with Crippen LogP contribution in [0.1, 0.15) is 38.5 Å². The molecule has 4 heteroatoms. The summed E-state index contributed by atoms with van der Waals surface area (Å²) in [6, 6.07) is 0. The molecule has 0 aromatic carbocycles. The van der Waals surface area contributed by atoms with Gasteiger partial charge in [0, 0.05) is 0 Å².